The second-order valence-corrected chi connectivity index (χ2v) is 9.56. The summed E-state index contributed by atoms with van der Waals surface area (Å²) in [5, 5.41) is 4.35. The third-order valence-electron chi connectivity index (χ3n) is 5.20. The molecule has 0 aliphatic carbocycles. The molecule has 3 heterocycles. The average molecular weight is 562 g/mol. The first-order valence-corrected chi connectivity index (χ1v) is 12.5. The predicted molar refractivity (Wildman–Crippen MR) is 145 cm³/mol. The summed E-state index contributed by atoms with van der Waals surface area (Å²) in [4.78, 5) is 17.9. The third kappa shape index (κ3) is 5.02. The molecule has 0 atom stereocenters. The Hall–Kier alpha value is -3.95. The molecule has 9 heteroatoms. The lowest BCUT2D eigenvalue weighted by atomic mass is 10.2. The van der Waals surface area contributed by atoms with Crippen molar-refractivity contribution < 1.29 is 13.9 Å². The van der Waals surface area contributed by atoms with Gasteiger partial charge in [0.05, 0.1) is 7.11 Å². The quantitative estimate of drug-likeness (QED) is 0.234. The van der Waals surface area contributed by atoms with E-state index in [1.165, 1.54) is 15.9 Å². The Balaban J connectivity index is 1.37. The van der Waals surface area contributed by atoms with Crippen LogP contribution in [0.3, 0.4) is 0 Å². The van der Waals surface area contributed by atoms with Gasteiger partial charge in [-0.25, -0.2) is 0 Å². The molecule has 0 fully saturated rings. The van der Waals surface area contributed by atoms with Crippen LogP contribution in [0.5, 0.6) is 11.5 Å². The maximum absolute atomic E-state index is 12.9. The summed E-state index contributed by atoms with van der Waals surface area (Å²) in [6, 6.07) is 17.1. The Morgan fingerprint density at radius 3 is 2.69 bits per heavy atom. The summed E-state index contributed by atoms with van der Waals surface area (Å²) in [7, 11) is 1.59. The molecule has 0 saturated carbocycles. The fraction of sp³-hybridized carbons (Fsp3) is 0.0741. The average Bonchev–Trinajstić information content (AvgIpc) is 3.59. The standard InChI is InChI=1S/C27H20BrN3O4S/c1-3-14-34-22-11-4-17(15-23(22)33-2)5-13-25-29-27-31(30-25)26(32)24(36-27)16-20-10-12-21(35-20)18-6-8-19(28)9-7-18/h3-13,15-16H,1,14H2,2H3/b13-5+,24-16-. The highest BCUT2D eigenvalue weighted by molar-refractivity contribution is 9.10. The van der Waals surface area contributed by atoms with E-state index >= 15 is 0 Å². The van der Waals surface area contributed by atoms with Gasteiger partial charge in [0.15, 0.2) is 17.3 Å². The van der Waals surface area contributed by atoms with Gasteiger partial charge in [-0.3, -0.25) is 4.79 Å². The Kier molecular flexibility index (Phi) is 6.84. The first kappa shape index (κ1) is 23.8. The van der Waals surface area contributed by atoms with E-state index in [1.54, 1.807) is 25.3 Å². The van der Waals surface area contributed by atoms with Gasteiger partial charge >= 0.3 is 0 Å². The molecular formula is C27H20BrN3O4S. The second-order valence-electron chi connectivity index (χ2n) is 7.63. The van der Waals surface area contributed by atoms with Crippen LogP contribution in [0.15, 0.2) is 80.9 Å². The van der Waals surface area contributed by atoms with Gasteiger partial charge in [-0.2, -0.15) is 9.50 Å². The van der Waals surface area contributed by atoms with Crippen LogP contribution in [0.2, 0.25) is 0 Å². The number of aromatic nitrogens is 3. The molecule has 0 bridgehead atoms. The molecule has 36 heavy (non-hydrogen) atoms. The zero-order valence-corrected chi connectivity index (χ0v) is 21.6. The van der Waals surface area contributed by atoms with Crippen molar-refractivity contribution in [2.24, 2.45) is 0 Å². The zero-order chi connectivity index (χ0) is 25.1. The highest BCUT2D eigenvalue weighted by Gasteiger charge is 2.11. The largest absolute Gasteiger partial charge is 0.493 e. The van der Waals surface area contributed by atoms with Crippen LogP contribution in [0.25, 0.3) is 34.5 Å². The Morgan fingerprint density at radius 2 is 1.94 bits per heavy atom. The van der Waals surface area contributed by atoms with Crippen molar-refractivity contribution in [2.45, 2.75) is 0 Å². The van der Waals surface area contributed by atoms with Gasteiger partial charge in [0.25, 0.3) is 5.56 Å². The van der Waals surface area contributed by atoms with E-state index in [-0.39, 0.29) is 5.56 Å². The molecule has 0 aliphatic heterocycles. The topological polar surface area (TPSA) is 78.9 Å². The molecule has 0 aliphatic rings. The first-order valence-electron chi connectivity index (χ1n) is 10.9. The fourth-order valence-corrected chi connectivity index (χ4v) is 4.63. The summed E-state index contributed by atoms with van der Waals surface area (Å²) in [6.07, 6.45) is 6.98. The number of ether oxygens (including phenoxy) is 2. The third-order valence-corrected chi connectivity index (χ3v) is 6.68. The van der Waals surface area contributed by atoms with Crippen LogP contribution in [0, 0.1) is 0 Å². The summed E-state index contributed by atoms with van der Waals surface area (Å²) < 4.78 is 19.7. The van der Waals surface area contributed by atoms with Gasteiger partial charge in [0, 0.05) is 16.1 Å². The van der Waals surface area contributed by atoms with Gasteiger partial charge in [0.2, 0.25) is 4.96 Å². The van der Waals surface area contributed by atoms with Gasteiger partial charge in [-0.05, 0) is 48.0 Å². The van der Waals surface area contributed by atoms with Crippen LogP contribution in [0.4, 0.5) is 0 Å². The number of hydrogen-bond acceptors (Lipinski definition) is 7. The van der Waals surface area contributed by atoms with Gasteiger partial charge < -0.3 is 13.9 Å². The number of fused-ring (bicyclic) bond motifs is 1. The number of benzene rings is 2. The van der Waals surface area contributed by atoms with Crippen molar-refractivity contribution in [2.75, 3.05) is 13.7 Å². The van der Waals surface area contributed by atoms with E-state index in [2.05, 4.69) is 32.6 Å². The van der Waals surface area contributed by atoms with Crippen molar-refractivity contribution in [1.82, 2.24) is 14.6 Å². The molecule has 0 spiro atoms. The number of furan rings is 1. The molecule has 180 valence electrons. The number of nitrogens with zero attached hydrogens (tertiary/aromatic N) is 3. The Bertz CT molecular complexity index is 1680. The molecule has 0 saturated heterocycles. The zero-order valence-electron chi connectivity index (χ0n) is 19.2. The van der Waals surface area contributed by atoms with E-state index < -0.39 is 0 Å². The minimum atomic E-state index is -0.242. The van der Waals surface area contributed by atoms with Crippen LogP contribution in [-0.4, -0.2) is 28.3 Å². The highest BCUT2D eigenvalue weighted by Crippen LogP contribution is 2.29. The fourth-order valence-electron chi connectivity index (χ4n) is 3.47. The van der Waals surface area contributed by atoms with E-state index in [4.69, 9.17) is 13.9 Å². The number of hydrogen-bond donors (Lipinski definition) is 0. The summed E-state index contributed by atoms with van der Waals surface area (Å²) >= 11 is 4.69. The van der Waals surface area contributed by atoms with E-state index in [0.717, 1.165) is 21.4 Å². The maximum atomic E-state index is 12.9. The Morgan fingerprint density at radius 1 is 1.11 bits per heavy atom. The molecule has 2 aromatic carbocycles. The molecule has 7 nitrogen and oxygen atoms in total. The molecule has 0 unspecified atom stereocenters. The van der Waals surface area contributed by atoms with Crippen molar-refractivity contribution in [3.05, 3.63) is 104 Å². The van der Waals surface area contributed by atoms with Crippen molar-refractivity contribution in [3.8, 4) is 22.8 Å². The SMILES string of the molecule is C=CCOc1ccc(/C=C/c2nc3s/c(=C\c4ccc(-c5ccc(Br)cc5)o4)c(=O)n3n2)cc1OC. The lowest BCUT2D eigenvalue weighted by Gasteiger charge is -2.09. The number of rotatable bonds is 8. The number of halogens is 1. The summed E-state index contributed by atoms with van der Waals surface area (Å²) in [5.74, 6) is 3.00. The summed E-state index contributed by atoms with van der Waals surface area (Å²) in [6.45, 7) is 4.04. The first-order chi connectivity index (χ1) is 17.5. The van der Waals surface area contributed by atoms with E-state index in [1.807, 2.05) is 60.7 Å². The van der Waals surface area contributed by atoms with Crippen molar-refractivity contribution in [3.63, 3.8) is 0 Å². The molecule has 5 rings (SSSR count). The number of thiazole rings is 1. The smallest absolute Gasteiger partial charge is 0.291 e. The van der Waals surface area contributed by atoms with Gasteiger partial charge in [-0.1, -0.05) is 64.2 Å². The van der Waals surface area contributed by atoms with Gasteiger partial charge in [-0.15, -0.1) is 5.10 Å². The monoisotopic (exact) mass is 561 g/mol. The van der Waals surface area contributed by atoms with Gasteiger partial charge in [0.1, 0.15) is 22.7 Å². The van der Waals surface area contributed by atoms with Crippen molar-refractivity contribution in [1.29, 1.82) is 0 Å². The van der Waals surface area contributed by atoms with Crippen molar-refractivity contribution >= 4 is 50.5 Å². The van der Waals surface area contributed by atoms with Crippen LogP contribution >= 0.6 is 27.3 Å². The van der Waals surface area contributed by atoms with E-state index in [0.29, 0.717) is 39.2 Å². The molecular weight excluding hydrogens is 542 g/mol. The molecule has 0 radical (unpaired) electrons. The number of methoxy groups -OCH3 is 1. The lowest BCUT2D eigenvalue weighted by molar-refractivity contribution is 0.326. The van der Waals surface area contributed by atoms with Crippen LogP contribution < -0.4 is 19.6 Å². The minimum absolute atomic E-state index is 0.242. The maximum Gasteiger partial charge on any atom is 0.291 e. The predicted octanol–water partition coefficient (Wildman–Crippen LogP) is 5.47. The molecule has 5 aromatic rings. The minimum Gasteiger partial charge on any atom is -0.493 e. The Labute approximate surface area is 218 Å². The van der Waals surface area contributed by atoms with E-state index in [9.17, 15) is 4.79 Å². The summed E-state index contributed by atoms with van der Waals surface area (Å²) in [5.41, 5.74) is 1.59. The molecule has 0 amide bonds. The molecule has 3 aromatic heterocycles. The second kappa shape index (κ2) is 10.3. The van der Waals surface area contributed by atoms with Crippen LogP contribution in [0.1, 0.15) is 17.1 Å². The lowest BCUT2D eigenvalue weighted by Crippen LogP contribution is -2.23. The van der Waals surface area contributed by atoms with Crippen LogP contribution in [-0.2, 0) is 0 Å². The normalized spacial score (nSPS) is 12.0. The highest BCUT2D eigenvalue weighted by atomic mass is 79.9. The molecule has 0 N–H and O–H groups in total.